The van der Waals surface area contributed by atoms with Crippen molar-refractivity contribution in [1.82, 2.24) is 14.9 Å². The SMILES string of the molecule is COc1ccccc1/C=C/C=N\n1c(-c2ccccc2Cl)n[nH]c1=S. The molecule has 0 fully saturated rings. The van der Waals surface area contributed by atoms with Gasteiger partial charge in [-0.1, -0.05) is 41.9 Å². The van der Waals surface area contributed by atoms with E-state index in [1.54, 1.807) is 19.4 Å². The Bertz CT molecular complexity index is 990. The van der Waals surface area contributed by atoms with E-state index in [4.69, 9.17) is 28.6 Å². The number of hydrogen-bond acceptors (Lipinski definition) is 4. The predicted octanol–water partition coefficient (Wildman–Crippen LogP) is 4.82. The third-order valence-corrected chi connectivity index (χ3v) is 4.04. The van der Waals surface area contributed by atoms with Crippen LogP contribution in [0.2, 0.25) is 5.02 Å². The van der Waals surface area contributed by atoms with Crippen molar-refractivity contribution in [2.75, 3.05) is 7.11 Å². The van der Waals surface area contributed by atoms with Gasteiger partial charge in [-0.05, 0) is 42.6 Å². The summed E-state index contributed by atoms with van der Waals surface area (Å²) in [5, 5.41) is 11.9. The van der Waals surface area contributed by atoms with Crippen LogP contribution < -0.4 is 4.74 Å². The number of nitrogens with one attached hydrogen (secondary N) is 1. The monoisotopic (exact) mass is 370 g/mol. The predicted molar refractivity (Wildman–Crippen MR) is 104 cm³/mol. The molecule has 0 aliphatic heterocycles. The first kappa shape index (κ1) is 17.1. The van der Waals surface area contributed by atoms with Gasteiger partial charge in [-0.15, -0.1) is 0 Å². The molecule has 25 heavy (non-hydrogen) atoms. The van der Waals surface area contributed by atoms with Crippen molar-refractivity contribution in [3.05, 3.63) is 70.0 Å². The molecule has 5 nitrogen and oxygen atoms in total. The molecule has 126 valence electrons. The lowest BCUT2D eigenvalue weighted by Crippen LogP contribution is -1.94. The summed E-state index contributed by atoms with van der Waals surface area (Å²) >= 11 is 11.5. The van der Waals surface area contributed by atoms with Crippen molar-refractivity contribution < 1.29 is 4.74 Å². The lowest BCUT2D eigenvalue weighted by Gasteiger charge is -2.03. The number of para-hydroxylation sites is 1. The summed E-state index contributed by atoms with van der Waals surface area (Å²) in [6.07, 6.45) is 5.35. The fourth-order valence-corrected chi connectivity index (χ4v) is 2.67. The summed E-state index contributed by atoms with van der Waals surface area (Å²) < 4.78 is 7.23. The highest BCUT2D eigenvalue weighted by Crippen LogP contribution is 2.25. The highest BCUT2D eigenvalue weighted by Gasteiger charge is 2.10. The summed E-state index contributed by atoms with van der Waals surface area (Å²) in [6, 6.07) is 15.1. The molecule has 0 saturated heterocycles. The number of allylic oxidation sites excluding steroid dienone is 1. The van der Waals surface area contributed by atoms with Gasteiger partial charge in [0.15, 0.2) is 5.82 Å². The second kappa shape index (κ2) is 7.92. The highest BCUT2D eigenvalue weighted by molar-refractivity contribution is 7.71. The van der Waals surface area contributed by atoms with Crippen LogP contribution in [-0.4, -0.2) is 28.2 Å². The molecule has 0 radical (unpaired) electrons. The summed E-state index contributed by atoms with van der Waals surface area (Å²) in [5.74, 6) is 1.35. The van der Waals surface area contributed by atoms with E-state index < -0.39 is 0 Å². The minimum atomic E-state index is 0.386. The Kier molecular flexibility index (Phi) is 5.42. The summed E-state index contributed by atoms with van der Waals surface area (Å²) in [7, 11) is 1.64. The van der Waals surface area contributed by atoms with Gasteiger partial charge in [0.1, 0.15) is 5.75 Å². The largest absolute Gasteiger partial charge is 0.496 e. The Morgan fingerprint density at radius 2 is 1.96 bits per heavy atom. The molecular weight excluding hydrogens is 356 g/mol. The molecule has 2 aromatic carbocycles. The minimum absolute atomic E-state index is 0.386. The molecule has 7 heteroatoms. The fourth-order valence-electron chi connectivity index (χ4n) is 2.27. The number of H-pyrrole nitrogens is 1. The van der Waals surface area contributed by atoms with E-state index in [1.165, 1.54) is 4.68 Å². The fraction of sp³-hybridized carbons (Fsp3) is 0.0556. The lowest BCUT2D eigenvalue weighted by atomic mass is 10.2. The molecule has 0 aliphatic carbocycles. The molecule has 1 aromatic heterocycles. The van der Waals surface area contributed by atoms with Gasteiger partial charge < -0.3 is 4.74 Å². The van der Waals surface area contributed by atoms with Crippen LogP contribution in [0.25, 0.3) is 17.5 Å². The number of aromatic nitrogens is 3. The van der Waals surface area contributed by atoms with Crippen molar-refractivity contribution >= 4 is 36.1 Å². The van der Waals surface area contributed by atoms with Crippen LogP contribution in [0, 0.1) is 4.77 Å². The van der Waals surface area contributed by atoms with Crippen molar-refractivity contribution in [3.63, 3.8) is 0 Å². The van der Waals surface area contributed by atoms with Gasteiger partial charge in [0.05, 0.1) is 12.1 Å². The highest BCUT2D eigenvalue weighted by atomic mass is 35.5. The average molecular weight is 371 g/mol. The van der Waals surface area contributed by atoms with Gasteiger partial charge in [-0.25, -0.2) is 5.10 Å². The van der Waals surface area contributed by atoms with E-state index in [2.05, 4.69) is 15.3 Å². The van der Waals surface area contributed by atoms with E-state index in [-0.39, 0.29) is 0 Å². The van der Waals surface area contributed by atoms with E-state index in [1.807, 2.05) is 54.6 Å². The zero-order valence-electron chi connectivity index (χ0n) is 13.4. The van der Waals surface area contributed by atoms with Crippen molar-refractivity contribution in [3.8, 4) is 17.1 Å². The number of halogens is 1. The number of hydrogen-bond donors (Lipinski definition) is 1. The van der Waals surface area contributed by atoms with Crippen LogP contribution in [0.5, 0.6) is 5.75 Å². The van der Waals surface area contributed by atoms with Crippen LogP contribution in [-0.2, 0) is 0 Å². The zero-order valence-corrected chi connectivity index (χ0v) is 15.0. The molecule has 0 aliphatic rings. The first-order valence-corrected chi connectivity index (χ1v) is 8.25. The molecular formula is C18H15ClN4OS. The minimum Gasteiger partial charge on any atom is -0.496 e. The van der Waals surface area contributed by atoms with Crippen molar-refractivity contribution in [1.29, 1.82) is 0 Å². The van der Waals surface area contributed by atoms with Gasteiger partial charge in [-0.3, -0.25) is 0 Å². The second-order valence-electron chi connectivity index (χ2n) is 5.01. The van der Waals surface area contributed by atoms with Crippen LogP contribution in [0.4, 0.5) is 0 Å². The zero-order chi connectivity index (χ0) is 17.6. The Hall–Kier alpha value is -2.70. The van der Waals surface area contributed by atoms with Gasteiger partial charge >= 0.3 is 0 Å². The Labute approximate surface area is 155 Å². The van der Waals surface area contributed by atoms with Gasteiger partial charge in [-0.2, -0.15) is 14.9 Å². The normalized spacial score (nSPS) is 11.4. The number of methoxy groups -OCH3 is 1. The molecule has 3 aromatic rings. The topological polar surface area (TPSA) is 55.2 Å². The third kappa shape index (κ3) is 3.87. The van der Waals surface area contributed by atoms with E-state index in [0.717, 1.165) is 16.9 Å². The molecule has 1 heterocycles. The van der Waals surface area contributed by atoms with Gasteiger partial charge in [0.25, 0.3) is 0 Å². The average Bonchev–Trinajstić information content (AvgIpc) is 3.00. The summed E-state index contributed by atoms with van der Waals surface area (Å²) in [4.78, 5) is 0. The standard InChI is InChI=1S/C18H15ClN4OS/c1-24-16-11-5-2-7-13(16)8-6-12-20-23-17(21-22-18(23)25)14-9-3-4-10-15(14)19/h2-12H,1H3,(H,22,25)/b8-6+,20-12-. The Balaban J connectivity index is 1.88. The quantitative estimate of drug-likeness (QED) is 0.517. The maximum absolute atomic E-state index is 6.23. The number of nitrogens with zero attached hydrogens (tertiary/aromatic N) is 3. The molecule has 0 spiro atoms. The maximum atomic E-state index is 6.23. The first-order chi connectivity index (χ1) is 12.2. The second-order valence-corrected chi connectivity index (χ2v) is 5.80. The van der Waals surface area contributed by atoms with Crippen LogP contribution in [0.3, 0.4) is 0 Å². The van der Waals surface area contributed by atoms with Crippen LogP contribution >= 0.6 is 23.8 Å². The maximum Gasteiger partial charge on any atom is 0.216 e. The number of ether oxygens (including phenoxy) is 1. The van der Waals surface area contributed by atoms with Crippen LogP contribution in [0.15, 0.2) is 59.7 Å². The first-order valence-electron chi connectivity index (χ1n) is 7.47. The Morgan fingerprint density at radius 3 is 2.76 bits per heavy atom. The molecule has 0 saturated carbocycles. The van der Waals surface area contributed by atoms with E-state index >= 15 is 0 Å². The summed E-state index contributed by atoms with van der Waals surface area (Å²) in [6.45, 7) is 0. The molecule has 0 atom stereocenters. The van der Waals surface area contributed by atoms with Crippen molar-refractivity contribution in [2.45, 2.75) is 0 Å². The molecule has 0 bridgehead atoms. The van der Waals surface area contributed by atoms with Gasteiger partial charge in [0, 0.05) is 17.3 Å². The smallest absolute Gasteiger partial charge is 0.216 e. The van der Waals surface area contributed by atoms with E-state index in [9.17, 15) is 0 Å². The van der Waals surface area contributed by atoms with E-state index in [0.29, 0.717) is 15.6 Å². The molecule has 3 rings (SSSR count). The van der Waals surface area contributed by atoms with Crippen LogP contribution in [0.1, 0.15) is 5.56 Å². The van der Waals surface area contributed by atoms with Gasteiger partial charge in [0.2, 0.25) is 4.77 Å². The summed E-state index contributed by atoms with van der Waals surface area (Å²) in [5.41, 5.74) is 1.71. The number of rotatable bonds is 5. The molecule has 0 amide bonds. The van der Waals surface area contributed by atoms with Crippen molar-refractivity contribution in [2.24, 2.45) is 5.10 Å². The lowest BCUT2D eigenvalue weighted by molar-refractivity contribution is 0.414. The Morgan fingerprint density at radius 1 is 1.20 bits per heavy atom. The number of benzene rings is 2. The molecule has 0 unspecified atom stereocenters. The number of aromatic amines is 1. The third-order valence-electron chi connectivity index (χ3n) is 3.45. The molecule has 1 N–H and O–H groups in total.